The van der Waals surface area contributed by atoms with E-state index in [9.17, 15) is 4.79 Å². The number of hydrogen-bond acceptors (Lipinski definition) is 4. The maximum atomic E-state index is 11.5. The summed E-state index contributed by atoms with van der Waals surface area (Å²) < 4.78 is 6.81. The number of piperazine rings is 1. The molecule has 3 heterocycles. The number of nitrogens with zero attached hydrogens (tertiary/aromatic N) is 2. The first kappa shape index (κ1) is 13.5. The van der Waals surface area contributed by atoms with Gasteiger partial charge in [0, 0.05) is 44.0 Å². The third-order valence-electron chi connectivity index (χ3n) is 4.36. The van der Waals surface area contributed by atoms with E-state index < -0.39 is 0 Å². The lowest BCUT2D eigenvalue weighted by Gasteiger charge is -2.34. The van der Waals surface area contributed by atoms with Crippen molar-refractivity contribution in [2.75, 3.05) is 18.0 Å². The molecule has 5 nitrogen and oxygen atoms in total. The SMILES string of the molecule is Cl.Cn1c(=O)oc2cc(N3CC4CCC(C3)N4)ccc21. The van der Waals surface area contributed by atoms with E-state index in [0.717, 1.165) is 24.3 Å². The normalized spacial score (nSPS) is 24.9. The molecule has 2 aliphatic rings. The van der Waals surface area contributed by atoms with Crippen molar-refractivity contribution in [1.82, 2.24) is 9.88 Å². The van der Waals surface area contributed by atoms with E-state index in [1.165, 1.54) is 12.8 Å². The largest absolute Gasteiger partial charge is 0.419 e. The monoisotopic (exact) mass is 295 g/mol. The zero-order valence-corrected chi connectivity index (χ0v) is 12.2. The molecule has 0 saturated carbocycles. The zero-order chi connectivity index (χ0) is 13.0. The van der Waals surface area contributed by atoms with E-state index >= 15 is 0 Å². The molecule has 2 unspecified atom stereocenters. The van der Waals surface area contributed by atoms with Gasteiger partial charge in [0.1, 0.15) is 0 Å². The maximum absolute atomic E-state index is 11.5. The van der Waals surface area contributed by atoms with E-state index in [1.54, 1.807) is 11.6 Å². The van der Waals surface area contributed by atoms with Crippen LogP contribution in [0.1, 0.15) is 12.8 Å². The molecule has 6 heteroatoms. The highest BCUT2D eigenvalue weighted by atomic mass is 35.5. The molecule has 1 N–H and O–H groups in total. The lowest BCUT2D eigenvalue weighted by molar-refractivity contribution is 0.465. The van der Waals surface area contributed by atoms with Crippen molar-refractivity contribution in [2.24, 2.45) is 7.05 Å². The van der Waals surface area contributed by atoms with E-state index in [2.05, 4.69) is 16.3 Å². The van der Waals surface area contributed by atoms with Gasteiger partial charge >= 0.3 is 5.76 Å². The van der Waals surface area contributed by atoms with Crippen LogP contribution in [0.2, 0.25) is 0 Å². The van der Waals surface area contributed by atoms with Crippen LogP contribution < -0.4 is 16.0 Å². The van der Waals surface area contributed by atoms with Crippen LogP contribution in [-0.2, 0) is 7.05 Å². The van der Waals surface area contributed by atoms with Crippen LogP contribution in [0.5, 0.6) is 0 Å². The number of halogens is 1. The summed E-state index contributed by atoms with van der Waals surface area (Å²) in [5.74, 6) is -0.299. The van der Waals surface area contributed by atoms with Crippen LogP contribution in [0.3, 0.4) is 0 Å². The third kappa shape index (κ3) is 2.01. The van der Waals surface area contributed by atoms with Gasteiger partial charge in [0.05, 0.1) is 5.52 Å². The van der Waals surface area contributed by atoms with Crippen molar-refractivity contribution in [3.8, 4) is 0 Å². The van der Waals surface area contributed by atoms with E-state index in [0.29, 0.717) is 17.7 Å². The smallest absolute Gasteiger partial charge is 0.408 e. The summed E-state index contributed by atoms with van der Waals surface area (Å²) in [4.78, 5) is 13.9. The van der Waals surface area contributed by atoms with Crippen molar-refractivity contribution >= 4 is 29.2 Å². The Bertz CT molecular complexity index is 681. The predicted molar refractivity (Wildman–Crippen MR) is 80.9 cm³/mol. The van der Waals surface area contributed by atoms with E-state index in [4.69, 9.17) is 4.42 Å². The molecule has 0 amide bonds. The second kappa shape index (κ2) is 4.82. The highest BCUT2D eigenvalue weighted by molar-refractivity contribution is 5.85. The molecule has 2 aromatic rings. The van der Waals surface area contributed by atoms with Gasteiger partial charge in [0.25, 0.3) is 0 Å². The van der Waals surface area contributed by atoms with Crippen molar-refractivity contribution in [2.45, 2.75) is 24.9 Å². The zero-order valence-electron chi connectivity index (χ0n) is 11.3. The standard InChI is InChI=1S/C14H17N3O2.ClH/c1-16-12-5-4-11(6-13(12)19-14(16)18)17-7-9-2-3-10(8-17)15-9;/h4-6,9-10,15H,2-3,7-8H2,1H3;1H. The number of oxazole rings is 1. The molecular formula is C14H18ClN3O2. The summed E-state index contributed by atoms with van der Waals surface area (Å²) in [5, 5.41) is 3.62. The third-order valence-corrected chi connectivity index (χ3v) is 4.36. The van der Waals surface area contributed by atoms with Gasteiger partial charge in [-0.3, -0.25) is 4.57 Å². The van der Waals surface area contributed by atoms with Crippen LogP contribution in [0.25, 0.3) is 11.1 Å². The molecule has 20 heavy (non-hydrogen) atoms. The summed E-state index contributed by atoms with van der Waals surface area (Å²) in [6.45, 7) is 2.08. The first-order valence-corrected chi connectivity index (χ1v) is 6.81. The van der Waals surface area contributed by atoms with Gasteiger partial charge in [-0.1, -0.05) is 0 Å². The molecule has 0 spiro atoms. The molecule has 1 aromatic carbocycles. The molecule has 0 aliphatic carbocycles. The number of aromatic nitrogens is 1. The number of hydrogen-bond donors (Lipinski definition) is 1. The lowest BCUT2D eigenvalue weighted by Crippen LogP contribution is -2.51. The van der Waals surface area contributed by atoms with E-state index in [1.807, 2.05) is 12.1 Å². The summed E-state index contributed by atoms with van der Waals surface area (Å²) in [7, 11) is 1.74. The minimum Gasteiger partial charge on any atom is -0.408 e. The van der Waals surface area contributed by atoms with Crippen LogP contribution in [0.15, 0.2) is 27.4 Å². The van der Waals surface area contributed by atoms with Crippen LogP contribution in [0, 0.1) is 0 Å². The molecule has 2 bridgehead atoms. The van der Waals surface area contributed by atoms with Gasteiger partial charge in [-0.05, 0) is 25.0 Å². The first-order valence-electron chi connectivity index (χ1n) is 6.81. The fraction of sp³-hybridized carbons (Fsp3) is 0.500. The van der Waals surface area contributed by atoms with Crippen molar-refractivity contribution in [3.05, 3.63) is 28.7 Å². The molecule has 108 valence electrons. The number of fused-ring (bicyclic) bond motifs is 3. The summed E-state index contributed by atoms with van der Waals surface area (Å²) in [5.41, 5.74) is 2.68. The van der Waals surface area contributed by atoms with Crippen LogP contribution in [-0.4, -0.2) is 29.7 Å². The second-order valence-electron chi connectivity index (χ2n) is 5.62. The van der Waals surface area contributed by atoms with Crippen molar-refractivity contribution in [1.29, 1.82) is 0 Å². The summed E-state index contributed by atoms with van der Waals surface area (Å²) >= 11 is 0. The van der Waals surface area contributed by atoms with Crippen molar-refractivity contribution in [3.63, 3.8) is 0 Å². The molecular weight excluding hydrogens is 278 g/mol. The van der Waals surface area contributed by atoms with Gasteiger partial charge in [-0.15, -0.1) is 12.4 Å². The molecule has 2 fully saturated rings. The summed E-state index contributed by atoms with van der Waals surface area (Å²) in [6.07, 6.45) is 2.54. The predicted octanol–water partition coefficient (Wildman–Crippen LogP) is 1.49. The van der Waals surface area contributed by atoms with Gasteiger partial charge in [-0.2, -0.15) is 0 Å². The molecule has 0 radical (unpaired) electrons. The number of nitrogens with one attached hydrogen (secondary N) is 1. The first-order chi connectivity index (χ1) is 9.20. The van der Waals surface area contributed by atoms with Gasteiger partial charge in [-0.25, -0.2) is 4.79 Å². The minimum atomic E-state index is -0.299. The Hall–Kier alpha value is -1.46. The average molecular weight is 296 g/mol. The average Bonchev–Trinajstić information content (AvgIpc) is 2.90. The Morgan fingerprint density at radius 3 is 2.65 bits per heavy atom. The topological polar surface area (TPSA) is 50.4 Å². The summed E-state index contributed by atoms with van der Waals surface area (Å²) in [6, 6.07) is 7.26. The highest BCUT2D eigenvalue weighted by Crippen LogP contribution is 2.27. The molecule has 2 saturated heterocycles. The maximum Gasteiger partial charge on any atom is 0.419 e. The minimum absolute atomic E-state index is 0. The van der Waals surface area contributed by atoms with E-state index in [-0.39, 0.29) is 18.2 Å². The van der Waals surface area contributed by atoms with Gasteiger partial charge in [0.15, 0.2) is 5.58 Å². The Morgan fingerprint density at radius 2 is 1.95 bits per heavy atom. The number of benzene rings is 1. The Morgan fingerprint density at radius 1 is 1.25 bits per heavy atom. The molecule has 2 aliphatic heterocycles. The van der Waals surface area contributed by atoms with Gasteiger partial charge < -0.3 is 14.6 Å². The van der Waals surface area contributed by atoms with Crippen LogP contribution in [0.4, 0.5) is 5.69 Å². The Kier molecular flexibility index (Phi) is 3.26. The highest BCUT2D eigenvalue weighted by Gasteiger charge is 2.32. The van der Waals surface area contributed by atoms with Gasteiger partial charge in [0.2, 0.25) is 0 Å². The molecule has 2 atom stereocenters. The molecule has 1 aromatic heterocycles. The fourth-order valence-corrected chi connectivity index (χ4v) is 3.33. The van der Waals surface area contributed by atoms with Crippen molar-refractivity contribution < 1.29 is 4.42 Å². The number of aryl methyl sites for hydroxylation is 1. The number of anilines is 1. The lowest BCUT2D eigenvalue weighted by atomic mass is 10.2. The molecule has 4 rings (SSSR count). The quantitative estimate of drug-likeness (QED) is 0.866. The fourth-order valence-electron chi connectivity index (χ4n) is 3.33. The number of rotatable bonds is 1. The second-order valence-corrected chi connectivity index (χ2v) is 5.62. The van der Waals surface area contributed by atoms with Crippen LogP contribution >= 0.6 is 12.4 Å². The Balaban J connectivity index is 0.00000121. The Labute approximate surface area is 123 Å².